The number of nitrogens with zero attached hydrogens (tertiary/aromatic N) is 4. The fourth-order valence-electron chi connectivity index (χ4n) is 3.66. The number of benzene rings is 2. The molecule has 1 amide bonds. The molecule has 1 aliphatic rings. The molecule has 1 fully saturated rings. The Kier molecular flexibility index (Phi) is 6.69. The van der Waals surface area contributed by atoms with Gasteiger partial charge in [-0.25, -0.2) is 9.37 Å². The van der Waals surface area contributed by atoms with Gasteiger partial charge in [-0.1, -0.05) is 18.2 Å². The molecule has 0 aliphatic carbocycles. The van der Waals surface area contributed by atoms with Crippen molar-refractivity contribution in [2.24, 2.45) is 5.92 Å². The second-order valence-corrected chi connectivity index (χ2v) is 8.47. The lowest BCUT2D eigenvalue weighted by Gasteiger charge is -2.31. The minimum Gasteiger partial charge on any atom is -0.352 e. The first-order valence-electron chi connectivity index (χ1n) is 10.3. The lowest BCUT2D eigenvalue weighted by atomic mass is 9.97. The van der Waals surface area contributed by atoms with E-state index in [1.165, 1.54) is 41.9 Å². The van der Waals surface area contributed by atoms with E-state index in [-0.39, 0.29) is 17.4 Å². The van der Waals surface area contributed by atoms with Gasteiger partial charge in [0.15, 0.2) is 0 Å². The zero-order chi connectivity index (χ0) is 22.5. The lowest BCUT2D eigenvalue weighted by Crippen LogP contribution is -2.38. The molecule has 1 aliphatic heterocycles. The third kappa shape index (κ3) is 5.44. The fraction of sp³-hybridized carbons (Fsp3) is 0.318. The van der Waals surface area contributed by atoms with E-state index in [1.54, 1.807) is 18.2 Å². The SMILES string of the molecule is O=C(NCC1CCN(c2nc(Cc3ccc(F)cc3)ns2)CC1)c1cccc([N+](=O)[O-])c1. The van der Waals surface area contributed by atoms with Crippen LogP contribution in [0.2, 0.25) is 0 Å². The number of amides is 1. The van der Waals surface area contributed by atoms with E-state index in [2.05, 4.69) is 19.6 Å². The number of carbonyl (C=O) groups is 1. The average molecular weight is 456 g/mol. The predicted molar refractivity (Wildman–Crippen MR) is 119 cm³/mol. The molecule has 8 nitrogen and oxygen atoms in total. The molecule has 0 bridgehead atoms. The lowest BCUT2D eigenvalue weighted by molar-refractivity contribution is -0.384. The number of non-ortho nitro benzene ring substituents is 1. The molecule has 10 heteroatoms. The summed E-state index contributed by atoms with van der Waals surface area (Å²) in [5.41, 5.74) is 1.16. The van der Waals surface area contributed by atoms with E-state index in [1.807, 2.05) is 0 Å². The van der Waals surface area contributed by atoms with Gasteiger partial charge < -0.3 is 10.2 Å². The first-order chi connectivity index (χ1) is 15.5. The number of nitrogens with one attached hydrogen (secondary N) is 1. The summed E-state index contributed by atoms with van der Waals surface area (Å²) >= 11 is 1.36. The number of halogens is 1. The van der Waals surface area contributed by atoms with Crippen LogP contribution in [0.4, 0.5) is 15.2 Å². The largest absolute Gasteiger partial charge is 0.352 e. The van der Waals surface area contributed by atoms with Crippen LogP contribution in [-0.2, 0) is 6.42 Å². The molecule has 1 saturated heterocycles. The van der Waals surface area contributed by atoms with E-state index in [9.17, 15) is 19.3 Å². The van der Waals surface area contributed by atoms with Gasteiger partial charge in [0.25, 0.3) is 11.6 Å². The zero-order valence-corrected chi connectivity index (χ0v) is 18.1. The fourth-order valence-corrected chi connectivity index (χ4v) is 4.39. The summed E-state index contributed by atoms with van der Waals surface area (Å²) in [7, 11) is 0. The van der Waals surface area contributed by atoms with Crippen LogP contribution in [0.5, 0.6) is 0 Å². The Morgan fingerprint density at radius 1 is 1.22 bits per heavy atom. The summed E-state index contributed by atoms with van der Waals surface area (Å²) in [5.74, 6) is 0.499. The second kappa shape index (κ2) is 9.82. The summed E-state index contributed by atoms with van der Waals surface area (Å²) < 4.78 is 17.5. The molecular weight excluding hydrogens is 433 g/mol. The summed E-state index contributed by atoms with van der Waals surface area (Å²) in [6, 6.07) is 12.1. The molecule has 1 N–H and O–H groups in total. The number of hydrogen-bond donors (Lipinski definition) is 1. The van der Waals surface area contributed by atoms with E-state index >= 15 is 0 Å². The van der Waals surface area contributed by atoms with Crippen molar-refractivity contribution in [2.45, 2.75) is 19.3 Å². The molecule has 4 rings (SSSR count). The Bertz CT molecular complexity index is 1100. The molecule has 0 saturated carbocycles. The summed E-state index contributed by atoms with van der Waals surface area (Å²) in [6.45, 7) is 2.17. The van der Waals surface area contributed by atoms with E-state index < -0.39 is 4.92 Å². The van der Waals surface area contributed by atoms with Crippen LogP contribution < -0.4 is 10.2 Å². The Labute approximate surface area is 188 Å². The van der Waals surface area contributed by atoms with Crippen molar-refractivity contribution in [1.82, 2.24) is 14.7 Å². The number of aromatic nitrogens is 2. The minimum absolute atomic E-state index is 0.0955. The zero-order valence-electron chi connectivity index (χ0n) is 17.2. The first-order valence-corrected chi connectivity index (χ1v) is 11.1. The van der Waals surface area contributed by atoms with Gasteiger partial charge in [-0.15, -0.1) is 0 Å². The van der Waals surface area contributed by atoms with E-state index in [0.717, 1.165) is 42.5 Å². The van der Waals surface area contributed by atoms with Crippen LogP contribution in [0.15, 0.2) is 48.5 Å². The molecule has 166 valence electrons. The van der Waals surface area contributed by atoms with Gasteiger partial charge in [0.1, 0.15) is 11.6 Å². The van der Waals surface area contributed by atoms with Crippen molar-refractivity contribution in [2.75, 3.05) is 24.5 Å². The van der Waals surface area contributed by atoms with Crippen molar-refractivity contribution >= 4 is 28.3 Å². The summed E-state index contributed by atoms with van der Waals surface area (Å²) in [6.07, 6.45) is 2.38. The molecule has 0 atom stereocenters. The number of hydrogen-bond acceptors (Lipinski definition) is 7. The summed E-state index contributed by atoms with van der Waals surface area (Å²) in [4.78, 5) is 29.5. The smallest absolute Gasteiger partial charge is 0.270 e. The molecule has 2 heterocycles. The molecule has 1 aromatic heterocycles. The van der Waals surface area contributed by atoms with Crippen LogP contribution in [0.3, 0.4) is 0 Å². The van der Waals surface area contributed by atoms with Gasteiger partial charge in [0.05, 0.1) is 4.92 Å². The Balaban J connectivity index is 1.25. The minimum atomic E-state index is -0.509. The highest BCUT2D eigenvalue weighted by Crippen LogP contribution is 2.25. The third-order valence-corrected chi connectivity index (χ3v) is 6.30. The van der Waals surface area contributed by atoms with Crippen LogP contribution in [0.25, 0.3) is 0 Å². The monoisotopic (exact) mass is 455 g/mol. The molecule has 0 spiro atoms. The topological polar surface area (TPSA) is 101 Å². The van der Waals surface area contributed by atoms with Crippen LogP contribution >= 0.6 is 11.5 Å². The maximum Gasteiger partial charge on any atom is 0.270 e. The highest BCUT2D eigenvalue weighted by atomic mass is 32.1. The number of nitro groups is 1. The second-order valence-electron chi connectivity index (χ2n) is 7.74. The van der Waals surface area contributed by atoms with Gasteiger partial charge in [-0.05, 0) is 42.5 Å². The average Bonchev–Trinajstić information content (AvgIpc) is 3.28. The number of carbonyl (C=O) groups excluding carboxylic acids is 1. The maximum atomic E-state index is 13.1. The van der Waals surface area contributed by atoms with Crippen molar-refractivity contribution < 1.29 is 14.1 Å². The Morgan fingerprint density at radius 2 is 1.97 bits per heavy atom. The maximum absolute atomic E-state index is 13.1. The van der Waals surface area contributed by atoms with E-state index in [0.29, 0.717) is 24.4 Å². The number of nitro benzene ring substituents is 1. The van der Waals surface area contributed by atoms with Crippen molar-refractivity contribution in [3.8, 4) is 0 Å². The van der Waals surface area contributed by atoms with Crippen LogP contribution in [-0.4, -0.2) is 39.8 Å². The molecule has 2 aromatic carbocycles. The van der Waals surface area contributed by atoms with E-state index in [4.69, 9.17) is 0 Å². The van der Waals surface area contributed by atoms with Crippen molar-refractivity contribution in [1.29, 1.82) is 0 Å². The Morgan fingerprint density at radius 3 is 2.69 bits per heavy atom. The van der Waals surface area contributed by atoms with Gasteiger partial charge in [0.2, 0.25) is 5.13 Å². The summed E-state index contributed by atoms with van der Waals surface area (Å²) in [5, 5.41) is 14.6. The number of piperidine rings is 1. The van der Waals surface area contributed by atoms with Crippen molar-refractivity contribution in [3.63, 3.8) is 0 Å². The molecule has 32 heavy (non-hydrogen) atoms. The quantitative estimate of drug-likeness (QED) is 0.429. The van der Waals surface area contributed by atoms with Gasteiger partial charge in [0, 0.05) is 55.3 Å². The highest BCUT2D eigenvalue weighted by molar-refractivity contribution is 7.09. The molecular formula is C22H22FN5O3S. The third-order valence-electron chi connectivity index (χ3n) is 5.49. The van der Waals surface area contributed by atoms with Crippen LogP contribution in [0.1, 0.15) is 34.6 Å². The van der Waals surface area contributed by atoms with Gasteiger partial charge in [-0.3, -0.25) is 14.9 Å². The molecule has 0 unspecified atom stereocenters. The first kappa shape index (κ1) is 21.8. The molecule has 3 aromatic rings. The van der Waals surface area contributed by atoms with Gasteiger partial charge in [-0.2, -0.15) is 4.37 Å². The normalized spacial score (nSPS) is 14.3. The Hall–Kier alpha value is -3.40. The van der Waals surface area contributed by atoms with Crippen molar-refractivity contribution in [3.05, 3.63) is 81.4 Å². The van der Waals surface area contributed by atoms with Gasteiger partial charge >= 0.3 is 0 Å². The standard InChI is InChI=1S/C22H22FN5O3S/c23-18-6-4-15(5-7-18)12-20-25-22(32-26-20)27-10-8-16(9-11-27)14-24-21(29)17-2-1-3-19(13-17)28(30)31/h1-7,13,16H,8-12,14H2,(H,24,29). The van der Waals surface area contributed by atoms with Crippen LogP contribution in [0, 0.1) is 21.8 Å². The number of rotatable bonds is 7. The molecule has 0 radical (unpaired) electrons. The number of anilines is 1. The predicted octanol–water partition coefficient (Wildman–Crippen LogP) is 3.82. The highest BCUT2D eigenvalue weighted by Gasteiger charge is 2.23.